The molecular weight excluding hydrogens is 138 g/mol. The van der Waals surface area contributed by atoms with Gasteiger partial charge in [0.2, 0.25) is 0 Å². The quantitative estimate of drug-likeness (QED) is 0.415. The van der Waals surface area contributed by atoms with Crippen LogP contribution in [-0.4, -0.2) is 44.0 Å². The van der Waals surface area contributed by atoms with Gasteiger partial charge in [-0.2, -0.15) is 0 Å². The highest BCUT2D eigenvalue weighted by molar-refractivity contribution is 5.80. The number of hydrogen-bond donors (Lipinski definition) is 0. The Labute approximate surface area is 69.0 Å². The van der Waals surface area contributed by atoms with Crippen LogP contribution in [0.2, 0.25) is 0 Å². The molecule has 64 valence electrons. The fourth-order valence-corrected chi connectivity index (χ4v) is 0.821. The van der Waals surface area contributed by atoms with Gasteiger partial charge in [-0.1, -0.05) is 6.58 Å². The fraction of sp³-hybridized carbons (Fsp3) is 0.625. The first-order valence-corrected chi connectivity index (χ1v) is 3.54. The molecule has 0 atom stereocenters. The number of allylic oxidation sites excluding steroid dienone is 1. The highest BCUT2D eigenvalue weighted by Gasteiger charge is 2.06. The minimum atomic E-state index is 0.914. The van der Waals surface area contributed by atoms with Crippen LogP contribution in [0.3, 0.4) is 0 Å². The summed E-state index contributed by atoms with van der Waals surface area (Å²) in [4.78, 5) is 8.01. The molecule has 0 radical (unpaired) electrons. The van der Waals surface area contributed by atoms with Crippen LogP contribution in [0.15, 0.2) is 17.3 Å². The van der Waals surface area contributed by atoms with E-state index in [1.807, 2.05) is 37.9 Å². The Kier molecular flexibility index (Phi) is 3.65. The van der Waals surface area contributed by atoms with Crippen molar-refractivity contribution in [2.45, 2.75) is 6.92 Å². The Balaban J connectivity index is 4.41. The number of aliphatic imine (C=N–C) groups is 1. The van der Waals surface area contributed by atoms with E-state index in [0.717, 1.165) is 11.7 Å². The molecule has 0 unspecified atom stereocenters. The van der Waals surface area contributed by atoms with Crippen molar-refractivity contribution in [3.63, 3.8) is 0 Å². The van der Waals surface area contributed by atoms with Gasteiger partial charge in [0.05, 0.1) is 0 Å². The maximum atomic E-state index is 4.12. The predicted octanol–water partition coefficient (Wildman–Crippen LogP) is 0.999. The first-order valence-electron chi connectivity index (χ1n) is 3.54. The second-order valence-corrected chi connectivity index (χ2v) is 2.71. The lowest BCUT2D eigenvalue weighted by Gasteiger charge is -2.25. The third-order valence-corrected chi connectivity index (χ3v) is 1.47. The van der Waals surface area contributed by atoms with Gasteiger partial charge >= 0.3 is 0 Å². The monoisotopic (exact) mass is 155 g/mol. The van der Waals surface area contributed by atoms with Gasteiger partial charge in [-0.05, 0) is 6.92 Å². The van der Waals surface area contributed by atoms with E-state index >= 15 is 0 Å². The summed E-state index contributed by atoms with van der Waals surface area (Å²) in [6.07, 6.45) is 0. The van der Waals surface area contributed by atoms with Gasteiger partial charge in [0.1, 0.15) is 0 Å². The molecule has 11 heavy (non-hydrogen) atoms. The highest BCUT2D eigenvalue weighted by Crippen LogP contribution is 1.99. The maximum Gasteiger partial charge on any atom is 0.199 e. The van der Waals surface area contributed by atoms with Crippen LogP contribution in [0.1, 0.15) is 6.92 Å². The molecule has 0 aromatic rings. The Hall–Kier alpha value is -0.990. The second-order valence-electron chi connectivity index (χ2n) is 2.71. The van der Waals surface area contributed by atoms with Crippen LogP contribution in [0.4, 0.5) is 0 Å². The topological polar surface area (TPSA) is 18.8 Å². The molecule has 0 N–H and O–H groups in total. The lowest BCUT2D eigenvalue weighted by Crippen LogP contribution is -2.36. The van der Waals surface area contributed by atoms with Crippen LogP contribution in [-0.2, 0) is 0 Å². The zero-order valence-electron chi connectivity index (χ0n) is 8.05. The molecule has 0 bridgehead atoms. The van der Waals surface area contributed by atoms with E-state index in [4.69, 9.17) is 0 Å². The molecule has 0 aliphatic rings. The molecule has 0 amide bonds. The van der Waals surface area contributed by atoms with Crippen LogP contribution in [0.5, 0.6) is 0 Å². The predicted molar refractivity (Wildman–Crippen MR) is 49.6 cm³/mol. The van der Waals surface area contributed by atoms with Gasteiger partial charge in [0, 0.05) is 33.9 Å². The van der Waals surface area contributed by atoms with Gasteiger partial charge in [0.15, 0.2) is 5.96 Å². The molecule has 0 fully saturated rings. The zero-order chi connectivity index (χ0) is 9.02. The normalized spacial score (nSPS) is 11.2. The number of hydrogen-bond acceptors (Lipinski definition) is 1. The van der Waals surface area contributed by atoms with Crippen LogP contribution >= 0.6 is 0 Å². The summed E-state index contributed by atoms with van der Waals surface area (Å²) in [5, 5.41) is 0. The summed E-state index contributed by atoms with van der Waals surface area (Å²) in [5.74, 6) is 0.914. The van der Waals surface area contributed by atoms with Crippen molar-refractivity contribution in [2.24, 2.45) is 4.99 Å². The molecule has 0 aromatic carbocycles. The summed E-state index contributed by atoms with van der Waals surface area (Å²) in [6.45, 7) is 5.78. The average Bonchev–Trinajstić information content (AvgIpc) is 1.88. The standard InChI is InChI=1S/C8H17N3/c1-7(2)11(6)8(9-3)10(4)5/h1H2,2-6H3. The number of guanidine groups is 1. The van der Waals surface area contributed by atoms with Crippen molar-refractivity contribution in [1.29, 1.82) is 0 Å². The highest BCUT2D eigenvalue weighted by atomic mass is 15.3. The molecule has 0 aliphatic carbocycles. The molecule has 0 aromatic heterocycles. The van der Waals surface area contributed by atoms with Crippen molar-refractivity contribution in [3.05, 3.63) is 12.3 Å². The Bertz CT molecular complexity index is 170. The van der Waals surface area contributed by atoms with Crippen molar-refractivity contribution in [3.8, 4) is 0 Å². The van der Waals surface area contributed by atoms with E-state index in [1.165, 1.54) is 0 Å². The van der Waals surface area contributed by atoms with Crippen molar-refractivity contribution >= 4 is 5.96 Å². The van der Waals surface area contributed by atoms with Gasteiger partial charge < -0.3 is 9.80 Å². The summed E-state index contributed by atoms with van der Waals surface area (Å²) in [7, 11) is 7.64. The van der Waals surface area contributed by atoms with Crippen molar-refractivity contribution in [1.82, 2.24) is 9.80 Å². The molecule has 0 rings (SSSR count). The summed E-state index contributed by atoms with van der Waals surface area (Å²) in [5.41, 5.74) is 0.985. The molecule has 0 spiro atoms. The molecule has 0 heterocycles. The summed E-state index contributed by atoms with van der Waals surface area (Å²) in [6, 6.07) is 0. The lowest BCUT2D eigenvalue weighted by atomic mass is 10.5. The van der Waals surface area contributed by atoms with Crippen LogP contribution < -0.4 is 0 Å². The third kappa shape index (κ3) is 2.62. The van der Waals surface area contributed by atoms with Gasteiger partial charge in [-0.25, -0.2) is 0 Å². The minimum absolute atomic E-state index is 0.914. The van der Waals surface area contributed by atoms with E-state index in [0.29, 0.717) is 0 Å². The first-order chi connectivity index (χ1) is 5.00. The van der Waals surface area contributed by atoms with Gasteiger partial charge in [-0.3, -0.25) is 4.99 Å². The number of rotatable bonds is 1. The van der Waals surface area contributed by atoms with Crippen molar-refractivity contribution in [2.75, 3.05) is 28.2 Å². The van der Waals surface area contributed by atoms with E-state index in [9.17, 15) is 0 Å². The summed E-state index contributed by atoms with van der Waals surface area (Å²) < 4.78 is 0. The molecule has 0 saturated heterocycles. The van der Waals surface area contributed by atoms with E-state index in [1.54, 1.807) is 7.05 Å². The number of nitrogens with zero attached hydrogens (tertiary/aromatic N) is 3. The van der Waals surface area contributed by atoms with Crippen LogP contribution in [0.25, 0.3) is 0 Å². The van der Waals surface area contributed by atoms with E-state index < -0.39 is 0 Å². The SMILES string of the molecule is C=C(C)N(C)C(=NC)N(C)C. The van der Waals surface area contributed by atoms with Crippen molar-refractivity contribution < 1.29 is 0 Å². The van der Waals surface area contributed by atoms with Gasteiger partial charge in [0.25, 0.3) is 0 Å². The molecular formula is C8H17N3. The Morgan fingerprint density at radius 1 is 1.27 bits per heavy atom. The van der Waals surface area contributed by atoms with E-state index in [-0.39, 0.29) is 0 Å². The average molecular weight is 155 g/mol. The van der Waals surface area contributed by atoms with E-state index in [2.05, 4.69) is 11.6 Å². The Morgan fingerprint density at radius 2 is 1.73 bits per heavy atom. The molecule has 0 aliphatic heterocycles. The second kappa shape index (κ2) is 4.01. The van der Waals surface area contributed by atoms with Crippen LogP contribution in [0, 0.1) is 0 Å². The smallest absolute Gasteiger partial charge is 0.199 e. The lowest BCUT2D eigenvalue weighted by molar-refractivity contribution is 0.488. The zero-order valence-corrected chi connectivity index (χ0v) is 8.05. The fourth-order valence-electron chi connectivity index (χ4n) is 0.821. The molecule has 0 saturated carbocycles. The summed E-state index contributed by atoms with van der Waals surface area (Å²) >= 11 is 0. The molecule has 3 nitrogen and oxygen atoms in total. The maximum absolute atomic E-state index is 4.12. The Morgan fingerprint density at radius 3 is 1.82 bits per heavy atom. The largest absolute Gasteiger partial charge is 0.349 e. The third-order valence-electron chi connectivity index (χ3n) is 1.47. The minimum Gasteiger partial charge on any atom is -0.349 e. The molecule has 3 heteroatoms. The van der Waals surface area contributed by atoms with Gasteiger partial charge in [-0.15, -0.1) is 0 Å². The first kappa shape index (κ1) is 10.0.